The van der Waals surface area contributed by atoms with Crippen LogP contribution in [0, 0.1) is 0 Å². The highest BCUT2D eigenvalue weighted by Gasteiger charge is 2.20. The molecule has 2 aromatic carbocycles. The molecule has 0 aliphatic heterocycles. The molecule has 0 fully saturated rings. The van der Waals surface area contributed by atoms with Crippen molar-refractivity contribution >= 4 is 17.0 Å². The zero-order valence-corrected chi connectivity index (χ0v) is 19.3. The Morgan fingerprint density at radius 1 is 1.00 bits per heavy atom. The number of hydrogen-bond acceptors (Lipinski definition) is 3. The van der Waals surface area contributed by atoms with Crippen molar-refractivity contribution in [3.63, 3.8) is 0 Å². The van der Waals surface area contributed by atoms with Crippen LogP contribution in [0.25, 0.3) is 22.2 Å². The van der Waals surface area contributed by atoms with Crippen LogP contribution in [0.5, 0.6) is 0 Å². The zero-order chi connectivity index (χ0) is 22.7. The summed E-state index contributed by atoms with van der Waals surface area (Å²) in [4.78, 5) is 17.3. The van der Waals surface area contributed by atoms with Crippen molar-refractivity contribution in [2.24, 2.45) is 0 Å². The number of esters is 1. The topological polar surface area (TPSA) is 44.1 Å². The number of carbonyl (C=O) groups is 1. The van der Waals surface area contributed by atoms with Gasteiger partial charge < -0.3 is 9.30 Å². The van der Waals surface area contributed by atoms with Crippen LogP contribution in [-0.2, 0) is 17.7 Å². The molecule has 4 heteroatoms. The van der Waals surface area contributed by atoms with Crippen LogP contribution in [0.1, 0.15) is 55.7 Å². The van der Waals surface area contributed by atoms with E-state index in [1.165, 1.54) is 16.6 Å². The van der Waals surface area contributed by atoms with Gasteiger partial charge in [0, 0.05) is 23.8 Å². The summed E-state index contributed by atoms with van der Waals surface area (Å²) >= 11 is 0. The van der Waals surface area contributed by atoms with Crippen molar-refractivity contribution in [3.05, 3.63) is 89.7 Å². The quantitative estimate of drug-likeness (QED) is 0.324. The van der Waals surface area contributed by atoms with Gasteiger partial charge in [0.05, 0.1) is 5.56 Å². The van der Waals surface area contributed by atoms with E-state index in [2.05, 4.69) is 52.9 Å². The summed E-state index contributed by atoms with van der Waals surface area (Å²) < 4.78 is 7.92. The molecule has 0 atom stereocenters. The first-order valence-electron chi connectivity index (χ1n) is 11.2. The van der Waals surface area contributed by atoms with E-state index in [1.54, 1.807) is 0 Å². The Bertz CT molecular complexity index is 1230. The Morgan fingerprint density at radius 3 is 2.47 bits per heavy atom. The molecule has 4 aromatic rings. The van der Waals surface area contributed by atoms with Gasteiger partial charge in [0.15, 0.2) is 0 Å². The fraction of sp³-hybridized carbons (Fsp3) is 0.286. The molecule has 0 spiro atoms. The molecular formula is C28H30N2O2. The summed E-state index contributed by atoms with van der Waals surface area (Å²) in [7, 11) is 0. The fourth-order valence-electron chi connectivity index (χ4n) is 4.00. The first-order valence-corrected chi connectivity index (χ1v) is 11.2. The smallest absolute Gasteiger partial charge is 0.339 e. The van der Waals surface area contributed by atoms with E-state index in [0.717, 1.165) is 36.2 Å². The SMILES string of the molecule is CCCc1cc2cccnc2n1Cc1ccc(-c2ccccc2C(=O)OC(C)(C)C)cc1. The maximum atomic E-state index is 12.7. The summed E-state index contributed by atoms with van der Waals surface area (Å²) in [5, 5.41) is 1.18. The lowest BCUT2D eigenvalue weighted by atomic mass is 9.98. The zero-order valence-electron chi connectivity index (χ0n) is 19.3. The second-order valence-corrected chi connectivity index (χ2v) is 9.13. The molecule has 2 aromatic heterocycles. The highest BCUT2D eigenvalue weighted by atomic mass is 16.6. The van der Waals surface area contributed by atoms with Gasteiger partial charge in [0.2, 0.25) is 0 Å². The van der Waals surface area contributed by atoms with Crippen LogP contribution in [0.4, 0.5) is 0 Å². The number of aromatic nitrogens is 2. The standard InChI is InChI=1S/C28H30N2O2/c1-5-9-23-18-22-10-8-17-29-26(22)30(23)19-20-13-15-21(16-14-20)24-11-6-7-12-25(24)27(31)32-28(2,3)4/h6-8,10-18H,5,9,19H2,1-4H3. The molecule has 32 heavy (non-hydrogen) atoms. The first kappa shape index (κ1) is 21.8. The average Bonchev–Trinajstić information content (AvgIpc) is 3.10. The number of ether oxygens (including phenoxy) is 1. The van der Waals surface area contributed by atoms with E-state index in [1.807, 2.05) is 57.3 Å². The van der Waals surface area contributed by atoms with Crippen molar-refractivity contribution in [2.45, 2.75) is 52.7 Å². The van der Waals surface area contributed by atoms with E-state index >= 15 is 0 Å². The Morgan fingerprint density at radius 2 is 1.75 bits per heavy atom. The van der Waals surface area contributed by atoms with Crippen molar-refractivity contribution in [2.75, 3.05) is 0 Å². The van der Waals surface area contributed by atoms with Crippen LogP contribution in [0.3, 0.4) is 0 Å². The van der Waals surface area contributed by atoms with Crippen molar-refractivity contribution < 1.29 is 9.53 Å². The molecular weight excluding hydrogens is 396 g/mol. The predicted octanol–water partition coefficient (Wildman–Crippen LogP) is 6.66. The lowest BCUT2D eigenvalue weighted by Gasteiger charge is -2.20. The van der Waals surface area contributed by atoms with Crippen LogP contribution in [-0.4, -0.2) is 21.1 Å². The van der Waals surface area contributed by atoms with Gasteiger partial charge in [-0.05, 0) is 68.1 Å². The third-order valence-electron chi connectivity index (χ3n) is 5.40. The largest absolute Gasteiger partial charge is 0.456 e. The fourth-order valence-corrected chi connectivity index (χ4v) is 4.00. The molecule has 4 rings (SSSR count). The Labute approximate surface area is 189 Å². The molecule has 0 saturated carbocycles. The first-order chi connectivity index (χ1) is 15.4. The lowest BCUT2D eigenvalue weighted by Crippen LogP contribution is -2.24. The van der Waals surface area contributed by atoms with Gasteiger partial charge in [0.25, 0.3) is 0 Å². The molecule has 4 nitrogen and oxygen atoms in total. The van der Waals surface area contributed by atoms with Gasteiger partial charge in [-0.3, -0.25) is 0 Å². The predicted molar refractivity (Wildman–Crippen MR) is 130 cm³/mol. The number of rotatable bonds is 6. The number of carbonyl (C=O) groups excluding carboxylic acids is 1. The van der Waals surface area contributed by atoms with E-state index in [0.29, 0.717) is 5.56 Å². The molecule has 0 amide bonds. The molecule has 0 N–H and O–H groups in total. The van der Waals surface area contributed by atoms with E-state index in [9.17, 15) is 4.79 Å². The number of nitrogens with zero attached hydrogens (tertiary/aromatic N) is 2. The number of pyridine rings is 1. The maximum Gasteiger partial charge on any atom is 0.339 e. The van der Waals surface area contributed by atoms with Gasteiger partial charge >= 0.3 is 5.97 Å². The summed E-state index contributed by atoms with van der Waals surface area (Å²) in [5.74, 6) is -0.300. The Balaban J connectivity index is 1.63. The number of benzene rings is 2. The normalized spacial score (nSPS) is 11.6. The second kappa shape index (κ2) is 8.99. The van der Waals surface area contributed by atoms with E-state index < -0.39 is 5.60 Å². The van der Waals surface area contributed by atoms with Crippen LogP contribution >= 0.6 is 0 Å². The maximum absolute atomic E-state index is 12.7. The summed E-state index contributed by atoms with van der Waals surface area (Å²) in [6.07, 6.45) is 3.97. The summed E-state index contributed by atoms with van der Waals surface area (Å²) in [6, 6.07) is 22.4. The van der Waals surface area contributed by atoms with Crippen molar-refractivity contribution in [1.29, 1.82) is 0 Å². The minimum Gasteiger partial charge on any atom is -0.456 e. The highest BCUT2D eigenvalue weighted by molar-refractivity contribution is 5.97. The monoisotopic (exact) mass is 426 g/mol. The third kappa shape index (κ3) is 4.75. The van der Waals surface area contributed by atoms with Crippen LogP contribution in [0.2, 0.25) is 0 Å². The van der Waals surface area contributed by atoms with Gasteiger partial charge in [-0.2, -0.15) is 0 Å². The molecule has 0 radical (unpaired) electrons. The van der Waals surface area contributed by atoms with Gasteiger partial charge in [-0.15, -0.1) is 0 Å². The summed E-state index contributed by atoms with van der Waals surface area (Å²) in [5.41, 5.74) is 5.46. The van der Waals surface area contributed by atoms with Crippen LogP contribution < -0.4 is 0 Å². The molecule has 0 bridgehead atoms. The second-order valence-electron chi connectivity index (χ2n) is 9.13. The minimum atomic E-state index is -0.530. The van der Waals surface area contributed by atoms with Crippen LogP contribution in [0.15, 0.2) is 72.9 Å². The Kier molecular flexibility index (Phi) is 6.13. The number of aryl methyl sites for hydroxylation is 1. The number of hydrogen-bond donors (Lipinski definition) is 0. The minimum absolute atomic E-state index is 0.300. The highest BCUT2D eigenvalue weighted by Crippen LogP contribution is 2.27. The summed E-state index contributed by atoms with van der Waals surface area (Å²) in [6.45, 7) is 8.62. The third-order valence-corrected chi connectivity index (χ3v) is 5.40. The van der Waals surface area contributed by atoms with Gasteiger partial charge in [-0.1, -0.05) is 55.8 Å². The van der Waals surface area contributed by atoms with E-state index in [4.69, 9.17) is 4.74 Å². The molecule has 164 valence electrons. The van der Waals surface area contributed by atoms with Crippen molar-refractivity contribution in [1.82, 2.24) is 9.55 Å². The van der Waals surface area contributed by atoms with Gasteiger partial charge in [0.1, 0.15) is 11.2 Å². The Hall–Kier alpha value is -3.40. The molecule has 0 aliphatic carbocycles. The molecule has 2 heterocycles. The molecule has 0 aliphatic rings. The molecule has 0 saturated heterocycles. The molecule has 0 unspecified atom stereocenters. The van der Waals surface area contributed by atoms with Gasteiger partial charge in [-0.25, -0.2) is 9.78 Å². The number of fused-ring (bicyclic) bond motifs is 1. The lowest BCUT2D eigenvalue weighted by molar-refractivity contribution is 0.00704. The average molecular weight is 427 g/mol. The van der Waals surface area contributed by atoms with E-state index in [-0.39, 0.29) is 5.97 Å². The van der Waals surface area contributed by atoms with Crippen molar-refractivity contribution in [3.8, 4) is 11.1 Å².